The number of carbonyl (C=O) groups excluding carboxylic acids is 1. The second kappa shape index (κ2) is 9.65. The van der Waals surface area contributed by atoms with Crippen molar-refractivity contribution in [2.24, 2.45) is 0 Å². The van der Waals surface area contributed by atoms with E-state index in [0.717, 1.165) is 43.8 Å². The SMILES string of the molecule is CCCOCc1ccccc1CNC(=O)CN1CCNC[C@@H]1C. The molecule has 1 amide bonds. The monoisotopic (exact) mass is 319 g/mol. The Morgan fingerprint density at radius 3 is 2.91 bits per heavy atom. The van der Waals surface area contributed by atoms with Gasteiger partial charge in [0.2, 0.25) is 5.91 Å². The first-order valence-corrected chi connectivity index (χ1v) is 8.56. The van der Waals surface area contributed by atoms with Crippen molar-refractivity contribution in [1.82, 2.24) is 15.5 Å². The van der Waals surface area contributed by atoms with Crippen molar-refractivity contribution in [3.63, 3.8) is 0 Å². The fraction of sp³-hybridized carbons (Fsp3) is 0.611. The third kappa shape index (κ3) is 5.94. The van der Waals surface area contributed by atoms with Crippen LogP contribution in [0, 0.1) is 0 Å². The summed E-state index contributed by atoms with van der Waals surface area (Å²) in [5.41, 5.74) is 2.28. The average molecular weight is 319 g/mol. The first-order valence-electron chi connectivity index (χ1n) is 8.56. The second-order valence-corrected chi connectivity index (χ2v) is 6.12. The highest BCUT2D eigenvalue weighted by molar-refractivity contribution is 5.78. The number of benzene rings is 1. The van der Waals surface area contributed by atoms with Gasteiger partial charge in [-0.05, 0) is 24.5 Å². The van der Waals surface area contributed by atoms with Crippen LogP contribution in [0.5, 0.6) is 0 Å². The van der Waals surface area contributed by atoms with Gasteiger partial charge in [0, 0.05) is 38.8 Å². The minimum absolute atomic E-state index is 0.0861. The van der Waals surface area contributed by atoms with Crippen molar-refractivity contribution in [1.29, 1.82) is 0 Å². The van der Waals surface area contributed by atoms with E-state index in [1.54, 1.807) is 0 Å². The van der Waals surface area contributed by atoms with Gasteiger partial charge in [0.1, 0.15) is 0 Å². The molecule has 2 rings (SSSR count). The Labute approximate surface area is 139 Å². The third-order valence-corrected chi connectivity index (χ3v) is 4.19. The summed E-state index contributed by atoms with van der Waals surface area (Å²) in [6.07, 6.45) is 1.02. The Bertz CT molecular complexity index is 493. The topological polar surface area (TPSA) is 53.6 Å². The van der Waals surface area contributed by atoms with Crippen LogP contribution in [0.4, 0.5) is 0 Å². The normalized spacial score (nSPS) is 18.8. The number of hydrogen-bond acceptors (Lipinski definition) is 4. The van der Waals surface area contributed by atoms with Gasteiger partial charge in [-0.3, -0.25) is 9.69 Å². The number of nitrogens with one attached hydrogen (secondary N) is 2. The first kappa shape index (κ1) is 17.9. The molecule has 0 aromatic heterocycles. The summed E-state index contributed by atoms with van der Waals surface area (Å²) in [4.78, 5) is 14.4. The van der Waals surface area contributed by atoms with Crippen molar-refractivity contribution < 1.29 is 9.53 Å². The van der Waals surface area contributed by atoms with E-state index in [0.29, 0.717) is 25.7 Å². The maximum atomic E-state index is 12.2. The number of amides is 1. The lowest BCUT2D eigenvalue weighted by atomic mass is 10.1. The molecule has 2 N–H and O–H groups in total. The molecule has 0 radical (unpaired) electrons. The number of ether oxygens (including phenoxy) is 1. The lowest BCUT2D eigenvalue weighted by Gasteiger charge is -2.33. The molecule has 1 aliphatic heterocycles. The summed E-state index contributed by atoms with van der Waals surface area (Å²) >= 11 is 0. The summed E-state index contributed by atoms with van der Waals surface area (Å²) in [6, 6.07) is 8.54. The van der Waals surface area contributed by atoms with E-state index in [1.165, 1.54) is 0 Å². The summed E-state index contributed by atoms with van der Waals surface area (Å²) in [6.45, 7) is 9.48. The molecule has 5 heteroatoms. The maximum absolute atomic E-state index is 12.2. The lowest BCUT2D eigenvalue weighted by Crippen LogP contribution is -2.52. The van der Waals surface area contributed by atoms with Gasteiger partial charge < -0.3 is 15.4 Å². The maximum Gasteiger partial charge on any atom is 0.234 e. The van der Waals surface area contributed by atoms with Gasteiger partial charge in [0.05, 0.1) is 13.2 Å². The Morgan fingerprint density at radius 1 is 1.39 bits per heavy atom. The molecule has 0 bridgehead atoms. The molecule has 23 heavy (non-hydrogen) atoms. The summed E-state index contributed by atoms with van der Waals surface area (Å²) in [7, 11) is 0. The largest absolute Gasteiger partial charge is 0.377 e. The molecule has 1 aromatic rings. The van der Waals surface area contributed by atoms with Crippen LogP contribution in [0.25, 0.3) is 0 Å². The molecule has 1 heterocycles. The molecule has 1 aromatic carbocycles. The van der Waals surface area contributed by atoms with Crippen LogP contribution in [-0.2, 0) is 22.7 Å². The molecular formula is C18H29N3O2. The minimum atomic E-state index is 0.0861. The predicted octanol–water partition coefficient (Wildman–Crippen LogP) is 1.52. The molecule has 1 fully saturated rings. The second-order valence-electron chi connectivity index (χ2n) is 6.12. The molecule has 128 valence electrons. The van der Waals surface area contributed by atoms with Crippen LogP contribution in [0.1, 0.15) is 31.4 Å². The zero-order valence-corrected chi connectivity index (χ0v) is 14.3. The fourth-order valence-corrected chi connectivity index (χ4v) is 2.75. The standard InChI is InChI=1S/C18H29N3O2/c1-3-10-23-14-17-7-5-4-6-16(17)12-20-18(22)13-21-9-8-19-11-15(21)2/h4-7,15,19H,3,8-14H2,1-2H3,(H,20,22)/t15-/m0/s1. The Morgan fingerprint density at radius 2 is 2.17 bits per heavy atom. The van der Waals surface area contributed by atoms with Crippen LogP contribution in [0.15, 0.2) is 24.3 Å². The van der Waals surface area contributed by atoms with Crippen LogP contribution in [-0.4, -0.2) is 49.6 Å². The van der Waals surface area contributed by atoms with E-state index in [9.17, 15) is 4.79 Å². The molecule has 0 unspecified atom stereocenters. The Kier molecular flexibility index (Phi) is 7.52. The molecule has 1 atom stereocenters. The van der Waals surface area contributed by atoms with Crippen molar-refractivity contribution in [3.05, 3.63) is 35.4 Å². The molecule has 0 saturated carbocycles. The first-order chi connectivity index (χ1) is 11.2. The highest BCUT2D eigenvalue weighted by Gasteiger charge is 2.20. The van der Waals surface area contributed by atoms with E-state index in [2.05, 4.69) is 41.5 Å². The molecule has 1 saturated heterocycles. The minimum Gasteiger partial charge on any atom is -0.377 e. The van der Waals surface area contributed by atoms with Crippen LogP contribution < -0.4 is 10.6 Å². The van der Waals surface area contributed by atoms with Gasteiger partial charge >= 0.3 is 0 Å². The highest BCUT2D eigenvalue weighted by Crippen LogP contribution is 2.10. The fourth-order valence-electron chi connectivity index (χ4n) is 2.75. The van der Waals surface area contributed by atoms with Gasteiger partial charge in [0.15, 0.2) is 0 Å². The predicted molar refractivity (Wildman–Crippen MR) is 92.1 cm³/mol. The van der Waals surface area contributed by atoms with Crippen molar-refractivity contribution in [3.8, 4) is 0 Å². The highest BCUT2D eigenvalue weighted by atomic mass is 16.5. The summed E-state index contributed by atoms with van der Waals surface area (Å²) < 4.78 is 5.62. The number of carbonyl (C=O) groups is 1. The van der Waals surface area contributed by atoms with Crippen LogP contribution in [0.3, 0.4) is 0 Å². The third-order valence-electron chi connectivity index (χ3n) is 4.19. The Balaban J connectivity index is 1.81. The van der Waals surface area contributed by atoms with Gasteiger partial charge in [0.25, 0.3) is 0 Å². The van der Waals surface area contributed by atoms with E-state index < -0.39 is 0 Å². The Hall–Kier alpha value is -1.43. The van der Waals surface area contributed by atoms with Crippen molar-refractivity contribution in [2.45, 2.75) is 39.5 Å². The van der Waals surface area contributed by atoms with E-state index in [1.807, 2.05) is 12.1 Å². The van der Waals surface area contributed by atoms with Crippen LogP contribution in [0.2, 0.25) is 0 Å². The molecule has 0 aliphatic carbocycles. The van der Waals surface area contributed by atoms with Gasteiger partial charge in [-0.15, -0.1) is 0 Å². The summed E-state index contributed by atoms with van der Waals surface area (Å²) in [5, 5.41) is 6.38. The van der Waals surface area contributed by atoms with Gasteiger partial charge in [-0.25, -0.2) is 0 Å². The number of nitrogens with zero attached hydrogens (tertiary/aromatic N) is 1. The number of rotatable bonds is 8. The number of hydrogen-bond donors (Lipinski definition) is 2. The molecule has 1 aliphatic rings. The summed E-state index contributed by atoms with van der Waals surface area (Å²) in [5.74, 6) is 0.0861. The average Bonchev–Trinajstić information content (AvgIpc) is 2.56. The van der Waals surface area contributed by atoms with Gasteiger partial charge in [-0.1, -0.05) is 31.2 Å². The molecule has 0 spiro atoms. The zero-order valence-electron chi connectivity index (χ0n) is 14.3. The lowest BCUT2D eigenvalue weighted by molar-refractivity contribution is -0.123. The van der Waals surface area contributed by atoms with E-state index in [-0.39, 0.29) is 5.91 Å². The zero-order chi connectivity index (χ0) is 16.5. The van der Waals surface area contributed by atoms with Gasteiger partial charge in [-0.2, -0.15) is 0 Å². The van der Waals surface area contributed by atoms with Crippen LogP contribution >= 0.6 is 0 Å². The number of piperazine rings is 1. The van der Waals surface area contributed by atoms with Crippen molar-refractivity contribution >= 4 is 5.91 Å². The van der Waals surface area contributed by atoms with E-state index in [4.69, 9.17) is 4.74 Å². The van der Waals surface area contributed by atoms with Crippen molar-refractivity contribution in [2.75, 3.05) is 32.8 Å². The van der Waals surface area contributed by atoms with E-state index >= 15 is 0 Å². The smallest absolute Gasteiger partial charge is 0.234 e. The molecular weight excluding hydrogens is 290 g/mol. The molecule has 5 nitrogen and oxygen atoms in total. The quantitative estimate of drug-likeness (QED) is 0.714.